The molecule has 0 unspecified atom stereocenters. The molecule has 1 aromatic rings. The molecule has 0 radical (unpaired) electrons. The van der Waals surface area contributed by atoms with Crippen LogP contribution in [0.3, 0.4) is 0 Å². The highest BCUT2D eigenvalue weighted by Gasteiger charge is 1.96. The monoisotopic (exact) mass is 213 g/mol. The van der Waals surface area contributed by atoms with Crippen LogP contribution in [0.1, 0.15) is 5.56 Å². The zero-order valence-corrected chi connectivity index (χ0v) is 8.71. The Morgan fingerprint density at radius 2 is 2.23 bits per heavy atom. The highest BCUT2D eigenvalue weighted by atomic mass is 35.5. The molecule has 13 heavy (non-hydrogen) atoms. The third kappa shape index (κ3) is 3.18. The van der Waals surface area contributed by atoms with E-state index in [1.165, 1.54) is 0 Å². The van der Waals surface area contributed by atoms with Crippen LogP contribution in [0.15, 0.2) is 18.2 Å². The molecule has 0 aliphatic carbocycles. The Kier molecular flexibility index (Phi) is 3.95. The summed E-state index contributed by atoms with van der Waals surface area (Å²) in [7, 11) is 0. The molecule has 0 amide bonds. The fraction of sp³-hybridized carbons (Fsp3) is 0.200. The lowest BCUT2D eigenvalue weighted by molar-refractivity contribution is 1.33. The first-order valence-electron chi connectivity index (χ1n) is 3.82. The van der Waals surface area contributed by atoms with Crippen molar-refractivity contribution in [2.45, 2.75) is 6.92 Å². The molecular weight excluding hydrogens is 205 g/mol. The number of benzene rings is 1. The van der Waals surface area contributed by atoms with Crippen molar-refractivity contribution in [2.75, 3.05) is 11.9 Å². The molecule has 0 spiro atoms. The van der Waals surface area contributed by atoms with Crippen molar-refractivity contribution in [3.05, 3.63) is 28.8 Å². The summed E-state index contributed by atoms with van der Waals surface area (Å²) in [5.74, 6) is 2.71. The Balaban J connectivity index is 2.70. The summed E-state index contributed by atoms with van der Waals surface area (Å²) in [5.41, 5.74) is 2.13. The summed E-state index contributed by atoms with van der Waals surface area (Å²) in [6, 6.07) is 5.66. The molecule has 0 fully saturated rings. The van der Waals surface area contributed by atoms with Crippen LogP contribution in [0.5, 0.6) is 0 Å². The molecule has 0 atom stereocenters. The number of nitrogens with one attached hydrogen (secondary N) is 1. The summed E-state index contributed by atoms with van der Waals surface area (Å²) >= 11 is 11.0. The highest BCUT2D eigenvalue weighted by Crippen LogP contribution is 2.18. The third-order valence-corrected chi connectivity index (χ3v) is 1.99. The smallest absolute Gasteiger partial charge is 0.0778 e. The average Bonchev–Trinajstić information content (AvgIpc) is 2.09. The van der Waals surface area contributed by atoms with E-state index in [2.05, 4.69) is 16.6 Å². The van der Waals surface area contributed by atoms with Crippen LogP contribution in [0.4, 0.5) is 5.69 Å². The van der Waals surface area contributed by atoms with Crippen molar-refractivity contribution in [3.63, 3.8) is 0 Å². The molecule has 1 aromatic carbocycles. The van der Waals surface area contributed by atoms with Crippen molar-refractivity contribution in [1.82, 2.24) is 0 Å². The second-order valence-corrected chi connectivity index (χ2v) is 3.21. The van der Waals surface area contributed by atoms with Gasteiger partial charge in [-0.25, -0.2) is 0 Å². The number of aryl methyl sites for hydroxylation is 1. The second-order valence-electron chi connectivity index (χ2n) is 2.58. The lowest BCUT2D eigenvalue weighted by atomic mass is 10.2. The number of rotatable bonds is 2. The van der Waals surface area contributed by atoms with Crippen LogP contribution < -0.4 is 5.32 Å². The van der Waals surface area contributed by atoms with Crippen molar-refractivity contribution in [3.8, 4) is 11.3 Å². The summed E-state index contributed by atoms with van der Waals surface area (Å²) in [4.78, 5) is 0. The van der Waals surface area contributed by atoms with Gasteiger partial charge >= 0.3 is 0 Å². The molecule has 0 heterocycles. The Hall–Kier alpha value is -0.840. The minimum absolute atomic E-state index is 0.548. The van der Waals surface area contributed by atoms with Crippen molar-refractivity contribution >= 4 is 28.9 Å². The summed E-state index contributed by atoms with van der Waals surface area (Å²) < 4.78 is 0. The topological polar surface area (TPSA) is 12.0 Å². The van der Waals surface area contributed by atoms with E-state index >= 15 is 0 Å². The fourth-order valence-corrected chi connectivity index (χ4v) is 1.29. The molecule has 0 bridgehead atoms. The van der Waals surface area contributed by atoms with Crippen molar-refractivity contribution < 1.29 is 0 Å². The Morgan fingerprint density at radius 3 is 2.85 bits per heavy atom. The van der Waals surface area contributed by atoms with E-state index in [4.69, 9.17) is 23.2 Å². The van der Waals surface area contributed by atoms with Crippen LogP contribution in [0, 0.1) is 18.2 Å². The molecule has 0 aliphatic rings. The van der Waals surface area contributed by atoms with Gasteiger partial charge < -0.3 is 5.32 Å². The standard InChI is InChI=1S/C10H9Cl2N/c1-8-7-9(12)3-4-10(8)13-6-2-5-11/h3-4,7,13H,6H2,1H3. The van der Waals surface area contributed by atoms with Crippen LogP contribution in [-0.4, -0.2) is 6.54 Å². The molecule has 0 saturated heterocycles. The maximum atomic E-state index is 5.80. The van der Waals surface area contributed by atoms with Gasteiger partial charge in [0.25, 0.3) is 0 Å². The normalized spacial score (nSPS) is 8.85. The summed E-state index contributed by atoms with van der Waals surface area (Å²) in [5, 5.41) is 6.17. The average molecular weight is 214 g/mol. The minimum Gasteiger partial charge on any atom is -0.374 e. The molecule has 0 aliphatic heterocycles. The lowest BCUT2D eigenvalue weighted by Gasteiger charge is -2.06. The second kappa shape index (κ2) is 5.01. The molecular formula is C10H9Cl2N. The maximum absolute atomic E-state index is 5.80. The zero-order chi connectivity index (χ0) is 9.68. The number of hydrogen-bond donors (Lipinski definition) is 1. The largest absolute Gasteiger partial charge is 0.374 e. The van der Waals surface area contributed by atoms with Gasteiger partial charge in [0.1, 0.15) is 0 Å². The molecule has 3 heteroatoms. The van der Waals surface area contributed by atoms with E-state index in [1.54, 1.807) is 0 Å². The SMILES string of the molecule is Cc1cc(Cl)ccc1NCC#CCl. The first-order valence-corrected chi connectivity index (χ1v) is 4.58. The maximum Gasteiger partial charge on any atom is 0.0778 e. The van der Waals surface area contributed by atoms with E-state index in [0.29, 0.717) is 6.54 Å². The van der Waals surface area contributed by atoms with Gasteiger partial charge in [-0.2, -0.15) is 0 Å². The summed E-state index contributed by atoms with van der Waals surface area (Å²) in [6.45, 7) is 2.54. The predicted molar refractivity (Wildman–Crippen MR) is 58.3 cm³/mol. The minimum atomic E-state index is 0.548. The van der Waals surface area contributed by atoms with E-state index in [-0.39, 0.29) is 0 Å². The van der Waals surface area contributed by atoms with Gasteiger partial charge in [0.15, 0.2) is 0 Å². The van der Waals surface area contributed by atoms with Gasteiger partial charge in [0.2, 0.25) is 0 Å². The quantitative estimate of drug-likeness (QED) is 0.745. The third-order valence-electron chi connectivity index (χ3n) is 1.62. The van der Waals surface area contributed by atoms with Gasteiger partial charge in [-0.15, -0.1) is 0 Å². The van der Waals surface area contributed by atoms with Crippen LogP contribution in [-0.2, 0) is 0 Å². The molecule has 1 nitrogen and oxygen atoms in total. The van der Waals surface area contributed by atoms with E-state index < -0.39 is 0 Å². The Bertz CT molecular complexity index is 350. The number of hydrogen-bond acceptors (Lipinski definition) is 1. The molecule has 0 saturated carbocycles. The summed E-state index contributed by atoms with van der Waals surface area (Å²) in [6.07, 6.45) is 0. The van der Waals surface area contributed by atoms with E-state index in [1.807, 2.05) is 25.1 Å². The predicted octanol–water partition coefficient (Wildman–Crippen LogP) is 3.26. The first kappa shape index (κ1) is 10.2. The lowest BCUT2D eigenvalue weighted by Crippen LogP contribution is -1.99. The van der Waals surface area contributed by atoms with Crippen LogP contribution >= 0.6 is 23.2 Å². The molecule has 1 N–H and O–H groups in total. The van der Waals surface area contributed by atoms with Gasteiger partial charge in [-0.1, -0.05) is 17.5 Å². The van der Waals surface area contributed by atoms with Gasteiger partial charge in [-0.05, 0) is 42.3 Å². The molecule has 68 valence electrons. The Morgan fingerprint density at radius 1 is 1.46 bits per heavy atom. The van der Waals surface area contributed by atoms with Crippen molar-refractivity contribution in [2.24, 2.45) is 0 Å². The van der Waals surface area contributed by atoms with Crippen LogP contribution in [0.2, 0.25) is 5.02 Å². The van der Waals surface area contributed by atoms with Crippen LogP contribution in [0.25, 0.3) is 0 Å². The Labute approximate surface area is 88.0 Å². The number of anilines is 1. The van der Waals surface area contributed by atoms with Crippen molar-refractivity contribution in [1.29, 1.82) is 0 Å². The van der Waals surface area contributed by atoms with E-state index in [0.717, 1.165) is 16.3 Å². The highest BCUT2D eigenvalue weighted by molar-refractivity contribution is 6.30. The van der Waals surface area contributed by atoms with Gasteiger partial charge in [0.05, 0.1) is 6.54 Å². The van der Waals surface area contributed by atoms with E-state index in [9.17, 15) is 0 Å². The number of halogens is 2. The fourth-order valence-electron chi connectivity index (χ4n) is 0.998. The van der Waals surface area contributed by atoms with Gasteiger partial charge in [0, 0.05) is 16.1 Å². The molecule has 0 aromatic heterocycles. The first-order chi connectivity index (χ1) is 6.24. The molecule has 1 rings (SSSR count). The van der Waals surface area contributed by atoms with Gasteiger partial charge in [-0.3, -0.25) is 0 Å². The zero-order valence-electron chi connectivity index (χ0n) is 7.20.